The van der Waals surface area contributed by atoms with Gasteiger partial charge in [-0.1, -0.05) is 274 Å². The maximum absolute atomic E-state index is 8.75. The topological polar surface area (TPSA) is 113 Å². The smallest absolute Gasteiger partial charge is 0.134 e. The molecule has 0 aromatic heterocycles. The maximum atomic E-state index is 8.75. The van der Waals surface area contributed by atoms with E-state index in [4.69, 9.17) is 64.6 Å². The summed E-state index contributed by atoms with van der Waals surface area (Å²) >= 11 is 0. The molecule has 0 N–H and O–H groups in total. The Morgan fingerprint density at radius 2 is 0.642 bits per heavy atom. The zero-order valence-corrected chi connectivity index (χ0v) is 74.9. The molecule has 628 valence electrons. The van der Waals surface area contributed by atoms with Gasteiger partial charge in [-0.05, 0) is 215 Å². The summed E-state index contributed by atoms with van der Waals surface area (Å²) in [4.78, 5) is 6.53. The molecule has 0 atom stereocenters. The van der Waals surface area contributed by atoms with Gasteiger partial charge in [0.1, 0.15) is 57.5 Å². The predicted octanol–water partition coefficient (Wildman–Crippen LogP) is 29.9. The van der Waals surface area contributed by atoms with Crippen LogP contribution in [0, 0.1) is 41.9 Å². The summed E-state index contributed by atoms with van der Waals surface area (Å²) in [5.74, 6) is 9.30. The van der Waals surface area contributed by atoms with Crippen LogP contribution in [0.3, 0.4) is 0 Å². The van der Waals surface area contributed by atoms with Crippen LogP contribution < -0.4 is 43.1 Å². The lowest BCUT2D eigenvalue weighted by molar-refractivity contribution is 0.382. The van der Waals surface area contributed by atoms with Crippen LogP contribution in [0.2, 0.25) is 0 Å². The quantitative estimate of drug-likeness (QED) is 0.0641. The lowest BCUT2D eigenvalue weighted by Crippen LogP contribution is -2.17. The van der Waals surface area contributed by atoms with Gasteiger partial charge in [-0.3, -0.25) is 0 Å². The molecule has 0 spiro atoms. The van der Waals surface area contributed by atoms with Crippen LogP contribution in [0.15, 0.2) is 285 Å². The van der Waals surface area contributed by atoms with E-state index in [0.29, 0.717) is 52.4 Å². The number of nitrogens with zero attached hydrogens (tertiary/aromatic N) is 5. The number of benzene rings is 12. The number of nitriles is 2. The highest BCUT2D eigenvalue weighted by Crippen LogP contribution is 2.41. The molecule has 0 unspecified atom stereocenters. The minimum absolute atomic E-state index is 0.144. The van der Waals surface area contributed by atoms with Crippen molar-refractivity contribution in [3.05, 3.63) is 352 Å². The number of anilines is 3. The molecule has 12 rings (SSSR count). The van der Waals surface area contributed by atoms with E-state index in [2.05, 4.69) is 207 Å². The molecule has 11 nitrogen and oxygen atoms in total. The van der Waals surface area contributed by atoms with Crippen LogP contribution in [0.5, 0.6) is 57.5 Å². The van der Waals surface area contributed by atoms with E-state index in [9.17, 15) is 0 Å². The lowest BCUT2D eigenvalue weighted by Gasteiger charge is -2.26. The fourth-order valence-corrected chi connectivity index (χ4v) is 12.1. The van der Waals surface area contributed by atoms with Crippen molar-refractivity contribution in [2.75, 3.05) is 71.2 Å². The molecule has 0 bridgehead atoms. The zero-order valence-electron chi connectivity index (χ0n) is 88.9. The fraction of sp³-hybridized carbons (Fsp3) is 0.303. The van der Waals surface area contributed by atoms with Crippen molar-refractivity contribution in [1.29, 1.82) is 10.5 Å². The molecule has 11 heteroatoms. The third kappa shape index (κ3) is 32.4. The van der Waals surface area contributed by atoms with Crippen LogP contribution in [0.4, 0.5) is 17.1 Å². The monoisotopic (exact) mass is 1620 g/mol. The standard InChI is InChI=1S/C22H22O2.2C15H16O.C13H22N2.C12H11N.C11H17N.C11H16O2.C10H11N/c1-16(2)22-20(23-18-8-5-4-6-9-18)10-7-11-21(22)24-19-14-12-17(3)13-15-19;2*1-12(2)14-10-6-7-11-15(14)16-13-8-4-3-5-9-13;1-10(2)13-11(14(3)4)8-7-9-12(13)15(5)6;1-4-10-5-11(8-13)7-12(6-10)9(2)3;1-9(2)10-7-5-6-8-11(10)12(3)4;1-8(2)11-9(12-3)6-5-7-10(11)13-4;1-8(2)10-5-3-9(7-11)4-6-10/h4-16H,1-3H3;2*3-12H,1-2H3;7-10H,1-6H3;1,5-7,9H,2-3H3;5-9H,1-4H3;5-8H,1-4H3;3-6,8H,1-2H3/i4D,5D,6D,8D,9D,12D,13D,14D,15D;3D,4D,5D,8D,9D;;;;;;. The molecule has 0 amide bonds. The van der Waals surface area contributed by atoms with Crippen LogP contribution in [0.1, 0.15) is 244 Å². The summed E-state index contributed by atoms with van der Waals surface area (Å²) in [6.45, 7) is 35.2. The first-order valence-corrected chi connectivity index (χ1v) is 40.4. The van der Waals surface area contributed by atoms with Crippen LogP contribution in [-0.2, 0) is 0 Å². The van der Waals surface area contributed by atoms with E-state index < -0.39 is 48.3 Å². The first kappa shape index (κ1) is 77.3. The van der Waals surface area contributed by atoms with Crippen molar-refractivity contribution in [2.45, 2.75) is 165 Å². The molecule has 0 aliphatic rings. The van der Waals surface area contributed by atoms with Crippen LogP contribution in [0.25, 0.3) is 0 Å². The van der Waals surface area contributed by atoms with Gasteiger partial charge in [-0.15, -0.1) is 6.42 Å². The molecule has 0 fully saturated rings. The minimum atomic E-state index is -0.527. The Hall–Kier alpha value is -12.6. The second kappa shape index (κ2) is 51.6. The third-order valence-corrected chi connectivity index (χ3v) is 18.3. The Morgan fingerprint density at radius 1 is 0.300 bits per heavy atom. The van der Waals surface area contributed by atoms with E-state index in [0.717, 1.165) is 50.8 Å². The molecule has 120 heavy (non-hydrogen) atoms. The number of hydrogen-bond acceptors (Lipinski definition) is 11. The molecule has 0 saturated heterocycles. The van der Waals surface area contributed by atoms with Gasteiger partial charge < -0.3 is 43.1 Å². The summed E-state index contributed by atoms with van der Waals surface area (Å²) in [5, 5.41) is 17.3. The van der Waals surface area contributed by atoms with Gasteiger partial charge in [0.2, 0.25) is 0 Å². The highest BCUT2D eigenvalue weighted by molar-refractivity contribution is 5.68. The largest absolute Gasteiger partial charge is 0.496 e. The molecule has 0 saturated carbocycles. The van der Waals surface area contributed by atoms with Crippen molar-refractivity contribution in [3.63, 3.8) is 0 Å². The summed E-state index contributed by atoms with van der Waals surface area (Å²) in [6, 6.07) is 63.0. The Morgan fingerprint density at radius 3 is 1.02 bits per heavy atom. The van der Waals surface area contributed by atoms with Crippen LogP contribution >= 0.6 is 0 Å². The van der Waals surface area contributed by atoms with E-state index in [1.54, 1.807) is 50.6 Å². The van der Waals surface area contributed by atoms with E-state index in [-0.39, 0.29) is 82.4 Å². The van der Waals surface area contributed by atoms with Gasteiger partial charge in [0.15, 0.2) is 0 Å². The first-order valence-electron chi connectivity index (χ1n) is 47.4. The summed E-state index contributed by atoms with van der Waals surface area (Å²) in [6.07, 6.45) is 5.28. The first-order chi connectivity index (χ1) is 63.2. The maximum Gasteiger partial charge on any atom is 0.134 e. The van der Waals surface area contributed by atoms with E-state index >= 15 is 0 Å². The molecule has 0 heterocycles. The van der Waals surface area contributed by atoms with Crippen molar-refractivity contribution in [3.8, 4) is 82.0 Å². The van der Waals surface area contributed by atoms with Gasteiger partial charge in [0.25, 0.3) is 0 Å². The second-order valence-electron chi connectivity index (χ2n) is 30.9. The van der Waals surface area contributed by atoms with Crippen molar-refractivity contribution >= 4 is 17.1 Å². The van der Waals surface area contributed by atoms with Crippen molar-refractivity contribution in [2.24, 2.45) is 0 Å². The molecule has 0 aliphatic carbocycles. The van der Waals surface area contributed by atoms with Gasteiger partial charge in [-0.25, -0.2) is 0 Å². The molecular formula is C109H131N5O6. The Kier molecular flexibility index (Phi) is 33.2. The molecular weight excluding hydrogens is 1480 g/mol. The molecule has 0 radical (unpaired) electrons. The molecule has 12 aromatic rings. The van der Waals surface area contributed by atoms with E-state index in [1.165, 1.54) is 46.2 Å². The third-order valence-electron chi connectivity index (χ3n) is 18.3. The number of ether oxygens (including phenoxy) is 6. The lowest BCUT2D eigenvalue weighted by atomic mass is 9.98. The number of terminal acetylenes is 1. The Balaban J connectivity index is 0.000000279. The average Bonchev–Trinajstić information content (AvgIpc) is 0.761. The molecule has 12 aromatic carbocycles. The second-order valence-corrected chi connectivity index (χ2v) is 30.9. The summed E-state index contributed by atoms with van der Waals surface area (Å²) < 4.78 is 144. The van der Waals surface area contributed by atoms with Gasteiger partial charge in [0, 0.05) is 81.6 Å². The van der Waals surface area contributed by atoms with Crippen LogP contribution in [-0.4, -0.2) is 56.5 Å². The van der Waals surface area contributed by atoms with Gasteiger partial charge in [-0.2, -0.15) is 10.5 Å². The highest BCUT2D eigenvalue weighted by Gasteiger charge is 2.19. The number of hydrogen-bond donors (Lipinski definition) is 0. The normalized spacial score (nSPS) is 11.9. The predicted molar refractivity (Wildman–Crippen MR) is 508 cm³/mol. The van der Waals surface area contributed by atoms with Gasteiger partial charge in [0.05, 0.1) is 56.7 Å². The Labute approximate surface area is 741 Å². The summed E-state index contributed by atoms with van der Waals surface area (Å²) in [7, 11) is 15.9. The average molecular weight is 1620 g/mol. The highest BCUT2D eigenvalue weighted by atomic mass is 16.5. The number of para-hydroxylation sites is 6. The Bertz CT molecular complexity index is 5720. The van der Waals surface area contributed by atoms with Crippen molar-refractivity contribution in [1.82, 2.24) is 0 Å². The fourth-order valence-electron chi connectivity index (χ4n) is 12.1. The SMILES string of the molecule is C#Cc1cc(C#N)cc(C(C)C)c1.CC(C)c1c(N(C)C)cccc1N(C)C.CC(C)c1ccc(C#N)cc1.CC(C)c1ccccc1N(C)C.CC(C)c1ccccc1Oc1ccccc1.COc1cccc(OC)c1C(C)C.[2H]c1c([2H])c([2H])c(Oc2cccc(Oc3c([2H])c([2H])c(C)c([2H])c3[2H])c2C(C)C)c([2H])c1[2H].[2H]c1c([2H])c([2H])c(Oc2ccccc2C(C)C)c([2H])c1[2H]. The minimum Gasteiger partial charge on any atom is -0.496 e. The number of rotatable bonds is 21. The van der Waals surface area contributed by atoms with E-state index in [1.807, 2.05) is 143 Å². The number of methoxy groups -OCH3 is 2. The zero-order chi connectivity index (χ0) is 101. The molecule has 0 aliphatic heterocycles. The van der Waals surface area contributed by atoms with Gasteiger partial charge >= 0.3 is 0 Å². The van der Waals surface area contributed by atoms with Crippen molar-refractivity contribution < 1.29 is 47.6 Å². The summed E-state index contributed by atoms with van der Waals surface area (Å²) in [5.41, 5.74) is 15.3.